The molecular formula is C8H14O3Si. The normalized spacial score (nSPS) is 28.6. The van der Waals surface area contributed by atoms with Crippen molar-refractivity contribution < 1.29 is 14.6 Å². The number of carbonyl (C=O) groups is 1. The molecule has 4 heteroatoms. The molecule has 2 atom stereocenters. The lowest BCUT2D eigenvalue weighted by Gasteiger charge is -2.27. The first-order valence-electron chi connectivity index (χ1n) is 3.98. The van der Waals surface area contributed by atoms with Crippen molar-refractivity contribution in [3.05, 3.63) is 12.3 Å². The second kappa shape index (κ2) is 2.93. The third-order valence-electron chi connectivity index (χ3n) is 1.98. The zero-order chi connectivity index (χ0) is 9.35. The van der Waals surface area contributed by atoms with Gasteiger partial charge < -0.3 is 9.84 Å². The molecule has 0 amide bonds. The Labute approximate surface area is 73.0 Å². The zero-order valence-electron chi connectivity index (χ0n) is 7.57. The van der Waals surface area contributed by atoms with Crippen molar-refractivity contribution in [2.45, 2.75) is 25.4 Å². The summed E-state index contributed by atoms with van der Waals surface area (Å²) in [6, 6.07) is 0. The third kappa shape index (κ3) is 1.69. The van der Waals surface area contributed by atoms with Crippen LogP contribution in [0.5, 0.6) is 0 Å². The van der Waals surface area contributed by atoms with Crippen LogP contribution in [0.3, 0.4) is 0 Å². The number of hydrogen-bond donors (Lipinski definition) is 1. The topological polar surface area (TPSA) is 46.5 Å². The van der Waals surface area contributed by atoms with Crippen molar-refractivity contribution in [2.75, 3.05) is 0 Å². The van der Waals surface area contributed by atoms with E-state index >= 15 is 0 Å². The predicted octanol–water partition coefficient (Wildman–Crippen LogP) is 1.48. The van der Waals surface area contributed by atoms with Gasteiger partial charge >= 0.3 is 5.97 Å². The van der Waals surface area contributed by atoms with Gasteiger partial charge in [-0.2, -0.15) is 0 Å². The molecule has 1 heterocycles. The van der Waals surface area contributed by atoms with Crippen LogP contribution in [-0.4, -0.2) is 24.9 Å². The molecule has 12 heavy (non-hydrogen) atoms. The minimum absolute atomic E-state index is 0.102. The van der Waals surface area contributed by atoms with Crippen LogP contribution in [0.2, 0.25) is 19.6 Å². The van der Waals surface area contributed by atoms with E-state index in [1.807, 2.05) is 0 Å². The van der Waals surface area contributed by atoms with Crippen LogP contribution in [0.4, 0.5) is 0 Å². The van der Waals surface area contributed by atoms with Gasteiger partial charge in [0, 0.05) is 0 Å². The van der Waals surface area contributed by atoms with Crippen molar-refractivity contribution in [3.8, 4) is 0 Å². The summed E-state index contributed by atoms with van der Waals surface area (Å²) in [5.41, 5.74) is -0.102. The van der Waals surface area contributed by atoms with E-state index in [0.29, 0.717) is 0 Å². The fourth-order valence-corrected chi connectivity index (χ4v) is 3.17. The summed E-state index contributed by atoms with van der Waals surface area (Å²) in [5.74, 6) is -1.21. The van der Waals surface area contributed by atoms with E-state index in [9.17, 15) is 4.79 Å². The quantitative estimate of drug-likeness (QED) is 0.664. The molecule has 0 fully saturated rings. The Hall–Kier alpha value is -0.773. The maximum Gasteiger partial charge on any atom is 0.313 e. The number of aliphatic carboxylic acids is 1. The van der Waals surface area contributed by atoms with Crippen LogP contribution in [-0.2, 0) is 9.53 Å². The zero-order valence-corrected chi connectivity index (χ0v) is 8.57. The molecule has 1 N–H and O–H groups in total. The average Bonchev–Trinajstić information content (AvgIpc) is 2.30. The molecule has 0 aliphatic carbocycles. The molecule has 0 radical (unpaired) electrons. The van der Waals surface area contributed by atoms with Gasteiger partial charge in [-0.1, -0.05) is 19.6 Å². The van der Waals surface area contributed by atoms with Gasteiger partial charge in [-0.25, -0.2) is 0 Å². The summed E-state index contributed by atoms with van der Waals surface area (Å²) in [5, 5.41) is 8.84. The fourth-order valence-electron chi connectivity index (χ4n) is 1.35. The molecule has 0 bridgehead atoms. The van der Waals surface area contributed by atoms with Crippen molar-refractivity contribution >= 4 is 14.0 Å². The molecule has 68 valence electrons. The third-order valence-corrected chi connectivity index (χ3v) is 4.18. The fraction of sp³-hybridized carbons (Fsp3) is 0.625. The van der Waals surface area contributed by atoms with E-state index in [4.69, 9.17) is 9.84 Å². The van der Waals surface area contributed by atoms with Crippen LogP contribution in [0, 0.1) is 5.92 Å². The first-order valence-corrected chi connectivity index (χ1v) is 7.55. The lowest BCUT2D eigenvalue weighted by Crippen LogP contribution is -2.44. The van der Waals surface area contributed by atoms with E-state index in [1.165, 1.54) is 6.26 Å². The monoisotopic (exact) mass is 186 g/mol. The first kappa shape index (κ1) is 9.32. The minimum Gasteiger partial charge on any atom is -0.501 e. The highest BCUT2D eigenvalue weighted by molar-refractivity contribution is 6.77. The Bertz CT molecular complexity index is 217. The highest BCUT2D eigenvalue weighted by Crippen LogP contribution is 2.26. The van der Waals surface area contributed by atoms with Crippen LogP contribution in [0.25, 0.3) is 0 Å². The number of carboxylic acids is 1. The summed E-state index contributed by atoms with van der Waals surface area (Å²) >= 11 is 0. The lowest BCUT2D eigenvalue weighted by atomic mass is 10.2. The maximum atomic E-state index is 10.7. The van der Waals surface area contributed by atoms with Crippen molar-refractivity contribution in [2.24, 2.45) is 5.92 Å². The van der Waals surface area contributed by atoms with Gasteiger partial charge in [0.15, 0.2) is 0 Å². The molecule has 1 aliphatic rings. The molecule has 0 spiro atoms. The summed E-state index contributed by atoms with van der Waals surface area (Å²) in [4.78, 5) is 10.7. The summed E-state index contributed by atoms with van der Waals surface area (Å²) < 4.78 is 5.29. The number of carboxylic acid groups (broad SMARTS) is 1. The van der Waals surface area contributed by atoms with Crippen LogP contribution in [0.1, 0.15) is 0 Å². The summed E-state index contributed by atoms with van der Waals surface area (Å²) in [7, 11) is -1.52. The minimum atomic E-state index is -1.52. The number of rotatable bonds is 2. The maximum absolute atomic E-state index is 10.7. The van der Waals surface area contributed by atoms with E-state index in [2.05, 4.69) is 19.6 Å². The van der Waals surface area contributed by atoms with E-state index < -0.39 is 20.0 Å². The Morgan fingerprint density at radius 1 is 1.50 bits per heavy atom. The van der Waals surface area contributed by atoms with E-state index in [-0.39, 0.29) is 5.73 Å². The lowest BCUT2D eigenvalue weighted by molar-refractivity contribution is -0.141. The molecular weight excluding hydrogens is 172 g/mol. The highest BCUT2D eigenvalue weighted by Gasteiger charge is 2.40. The summed E-state index contributed by atoms with van der Waals surface area (Å²) in [6.07, 6.45) is 3.15. The average molecular weight is 186 g/mol. The molecule has 0 unspecified atom stereocenters. The van der Waals surface area contributed by atoms with Gasteiger partial charge in [-0.15, -0.1) is 0 Å². The number of ether oxygens (including phenoxy) is 1. The van der Waals surface area contributed by atoms with Crippen LogP contribution in [0.15, 0.2) is 12.3 Å². The standard InChI is InChI=1S/C8H14O3Si/c1-12(2,3)8-6(7(9)10)4-5-11-8/h4-6,8H,1-3H3,(H,9,10)/t6-,8-/m1/s1. The van der Waals surface area contributed by atoms with Crippen LogP contribution >= 0.6 is 0 Å². The molecule has 0 aromatic heterocycles. The smallest absolute Gasteiger partial charge is 0.313 e. The number of hydrogen-bond acceptors (Lipinski definition) is 2. The molecule has 0 aromatic carbocycles. The Kier molecular flexibility index (Phi) is 2.28. The van der Waals surface area contributed by atoms with Gasteiger partial charge in [0.05, 0.1) is 14.3 Å². The van der Waals surface area contributed by atoms with E-state index in [0.717, 1.165) is 0 Å². The second-order valence-corrected chi connectivity index (χ2v) is 9.42. The first-order chi connectivity index (χ1) is 5.43. The Morgan fingerprint density at radius 2 is 2.08 bits per heavy atom. The Balaban J connectivity index is 2.75. The van der Waals surface area contributed by atoms with Gasteiger partial charge in [0.2, 0.25) is 0 Å². The van der Waals surface area contributed by atoms with Gasteiger partial charge in [-0.3, -0.25) is 4.79 Å². The molecule has 0 saturated heterocycles. The van der Waals surface area contributed by atoms with Gasteiger partial charge in [-0.05, 0) is 6.08 Å². The van der Waals surface area contributed by atoms with E-state index in [1.54, 1.807) is 6.08 Å². The van der Waals surface area contributed by atoms with Crippen molar-refractivity contribution in [1.29, 1.82) is 0 Å². The highest BCUT2D eigenvalue weighted by atomic mass is 28.3. The van der Waals surface area contributed by atoms with Gasteiger partial charge in [0.1, 0.15) is 11.6 Å². The summed E-state index contributed by atoms with van der Waals surface area (Å²) in [6.45, 7) is 6.34. The molecule has 0 aromatic rings. The SMILES string of the molecule is C[Si](C)(C)[C@H]1OC=C[C@@H]1C(=O)O. The molecule has 3 nitrogen and oxygen atoms in total. The molecule has 0 saturated carbocycles. The van der Waals surface area contributed by atoms with Crippen molar-refractivity contribution in [3.63, 3.8) is 0 Å². The molecule has 1 rings (SSSR count). The largest absolute Gasteiger partial charge is 0.501 e. The Morgan fingerprint density at radius 3 is 2.42 bits per heavy atom. The van der Waals surface area contributed by atoms with Gasteiger partial charge in [0.25, 0.3) is 0 Å². The van der Waals surface area contributed by atoms with Crippen LogP contribution < -0.4 is 0 Å². The molecule has 1 aliphatic heterocycles. The predicted molar refractivity (Wildman–Crippen MR) is 48.5 cm³/mol. The van der Waals surface area contributed by atoms with Crippen molar-refractivity contribution in [1.82, 2.24) is 0 Å². The second-order valence-electron chi connectivity index (χ2n) is 4.12.